The van der Waals surface area contributed by atoms with Crippen molar-refractivity contribution in [3.05, 3.63) is 41.3 Å². The molecule has 0 aromatic carbocycles. The van der Waals surface area contributed by atoms with Gasteiger partial charge in [0.05, 0.1) is 11.8 Å². The van der Waals surface area contributed by atoms with E-state index in [-0.39, 0.29) is 11.8 Å². The van der Waals surface area contributed by atoms with Crippen molar-refractivity contribution in [2.75, 3.05) is 42.9 Å². The summed E-state index contributed by atoms with van der Waals surface area (Å²) < 4.78 is 0. The molecule has 3 aliphatic rings. The molecule has 2 fully saturated rings. The van der Waals surface area contributed by atoms with Gasteiger partial charge < -0.3 is 25.5 Å². The van der Waals surface area contributed by atoms with Crippen LogP contribution in [0.25, 0.3) is 10.9 Å². The average Bonchev–Trinajstić information content (AvgIpc) is 2.97. The summed E-state index contributed by atoms with van der Waals surface area (Å²) >= 11 is 0. The molecule has 0 radical (unpaired) electrons. The van der Waals surface area contributed by atoms with Gasteiger partial charge in [0.15, 0.2) is 5.82 Å². The van der Waals surface area contributed by atoms with Gasteiger partial charge in [-0.25, -0.2) is 19.9 Å². The van der Waals surface area contributed by atoms with Crippen LogP contribution in [-0.4, -0.2) is 68.6 Å². The largest absolute Gasteiger partial charge is 0.387 e. The van der Waals surface area contributed by atoms with Crippen LogP contribution in [0.2, 0.25) is 0 Å². The molecule has 6 rings (SSSR count). The van der Waals surface area contributed by atoms with E-state index >= 15 is 0 Å². The maximum absolute atomic E-state index is 13.0. The van der Waals surface area contributed by atoms with Gasteiger partial charge in [0.25, 0.3) is 0 Å². The molecular formula is C28H36N8O2. The quantitative estimate of drug-likeness (QED) is 0.470. The first-order valence-electron chi connectivity index (χ1n) is 13.9. The van der Waals surface area contributed by atoms with E-state index in [1.165, 1.54) is 6.42 Å². The smallest absolute Gasteiger partial charge is 0.229 e. The molecule has 6 heterocycles. The number of amides is 1. The topological polar surface area (TPSA) is 119 Å². The lowest BCUT2D eigenvalue weighted by Gasteiger charge is -2.33. The minimum Gasteiger partial charge on any atom is -0.387 e. The van der Waals surface area contributed by atoms with Crippen LogP contribution in [0.5, 0.6) is 0 Å². The van der Waals surface area contributed by atoms with Crippen LogP contribution in [0.3, 0.4) is 0 Å². The zero-order chi connectivity index (χ0) is 26.1. The molecule has 0 saturated carbocycles. The zero-order valence-electron chi connectivity index (χ0n) is 22.0. The molecule has 0 spiro atoms. The lowest BCUT2D eigenvalue weighted by Crippen LogP contribution is -2.43. The fourth-order valence-electron chi connectivity index (χ4n) is 5.76. The first-order chi connectivity index (χ1) is 18.5. The standard InChI is InChI=1S/C28H36N8O2/c1-18(37)23-15-21-16-30-28(34-25(21)26(32-23)35-12-3-2-4-13-35)33-24-6-5-20-17-36(14-9-22(20)31-24)27(38)19-7-10-29-11-8-19/h5-6,15-16,18-19,29,37H,2-4,7-14,17H2,1H3,(H,30,31,33,34)/t18-/m1/s1. The molecular weight excluding hydrogens is 480 g/mol. The van der Waals surface area contributed by atoms with Crippen molar-refractivity contribution in [2.45, 2.75) is 58.1 Å². The van der Waals surface area contributed by atoms with Gasteiger partial charge in [0, 0.05) is 55.8 Å². The molecule has 2 saturated heterocycles. The number of rotatable bonds is 5. The normalized spacial score (nSPS) is 19.3. The Bertz CT molecular complexity index is 1320. The SMILES string of the molecule is C[C@@H](O)c1cc2cnc(Nc3ccc4c(n3)CCN(C(=O)C3CCNCC3)C4)nc2c(N2CCCCC2)n1. The number of carbonyl (C=O) groups excluding carboxylic acids is 1. The van der Waals surface area contributed by atoms with Gasteiger partial charge in [-0.05, 0) is 69.8 Å². The first kappa shape index (κ1) is 24.9. The Labute approximate surface area is 222 Å². The summed E-state index contributed by atoms with van der Waals surface area (Å²) in [6.45, 7) is 6.76. The number of piperidine rings is 2. The summed E-state index contributed by atoms with van der Waals surface area (Å²) in [7, 11) is 0. The highest BCUT2D eigenvalue weighted by molar-refractivity contribution is 5.89. The van der Waals surface area contributed by atoms with Crippen molar-refractivity contribution in [3.63, 3.8) is 0 Å². The number of nitrogens with zero attached hydrogens (tertiary/aromatic N) is 6. The number of fused-ring (bicyclic) bond motifs is 2. The van der Waals surface area contributed by atoms with Gasteiger partial charge in [-0.3, -0.25) is 4.79 Å². The van der Waals surface area contributed by atoms with E-state index < -0.39 is 6.10 Å². The second-order valence-corrected chi connectivity index (χ2v) is 10.7. The van der Waals surface area contributed by atoms with E-state index in [9.17, 15) is 9.90 Å². The number of anilines is 3. The van der Waals surface area contributed by atoms with Crippen LogP contribution in [0.1, 0.15) is 62.1 Å². The molecule has 3 N–H and O–H groups in total. The maximum Gasteiger partial charge on any atom is 0.229 e. The number of hydrogen-bond acceptors (Lipinski definition) is 9. The van der Waals surface area contributed by atoms with E-state index in [0.29, 0.717) is 30.5 Å². The number of carbonyl (C=O) groups is 1. The Hall–Kier alpha value is -3.37. The molecule has 38 heavy (non-hydrogen) atoms. The Balaban J connectivity index is 1.22. The molecule has 200 valence electrons. The van der Waals surface area contributed by atoms with Crippen LogP contribution in [-0.2, 0) is 17.8 Å². The summed E-state index contributed by atoms with van der Waals surface area (Å²) in [5, 5.41) is 17.7. The Morgan fingerprint density at radius 1 is 1.11 bits per heavy atom. The van der Waals surface area contributed by atoms with Crippen molar-refractivity contribution >= 4 is 34.4 Å². The molecule has 0 bridgehead atoms. The molecule has 0 unspecified atom stereocenters. The highest BCUT2D eigenvalue weighted by Crippen LogP contribution is 2.30. The average molecular weight is 517 g/mol. The van der Waals surface area contributed by atoms with Gasteiger partial charge in [-0.2, -0.15) is 0 Å². The predicted octanol–water partition coefficient (Wildman–Crippen LogP) is 3.09. The Morgan fingerprint density at radius 3 is 2.71 bits per heavy atom. The summed E-state index contributed by atoms with van der Waals surface area (Å²) in [5.41, 5.74) is 3.53. The highest BCUT2D eigenvalue weighted by atomic mass is 16.3. The van der Waals surface area contributed by atoms with E-state index in [1.54, 1.807) is 13.1 Å². The third kappa shape index (κ3) is 5.15. The van der Waals surface area contributed by atoms with Gasteiger partial charge in [-0.15, -0.1) is 0 Å². The second-order valence-electron chi connectivity index (χ2n) is 10.7. The van der Waals surface area contributed by atoms with E-state index in [1.807, 2.05) is 17.0 Å². The van der Waals surface area contributed by atoms with E-state index in [0.717, 1.165) is 86.3 Å². The lowest BCUT2D eigenvalue weighted by molar-refractivity contribution is -0.137. The van der Waals surface area contributed by atoms with Gasteiger partial charge >= 0.3 is 0 Å². The van der Waals surface area contributed by atoms with Crippen molar-refractivity contribution in [1.29, 1.82) is 0 Å². The Kier molecular flexibility index (Phi) is 7.08. The Morgan fingerprint density at radius 2 is 1.92 bits per heavy atom. The van der Waals surface area contributed by atoms with Crippen molar-refractivity contribution in [2.24, 2.45) is 5.92 Å². The van der Waals surface area contributed by atoms with Gasteiger partial charge in [0.2, 0.25) is 11.9 Å². The van der Waals surface area contributed by atoms with Crippen molar-refractivity contribution < 1.29 is 9.90 Å². The van der Waals surface area contributed by atoms with Crippen LogP contribution < -0.4 is 15.5 Å². The van der Waals surface area contributed by atoms with E-state index in [2.05, 4.69) is 26.6 Å². The third-order valence-corrected chi connectivity index (χ3v) is 7.94. The number of pyridine rings is 2. The van der Waals surface area contributed by atoms with Crippen molar-refractivity contribution in [3.8, 4) is 0 Å². The zero-order valence-corrected chi connectivity index (χ0v) is 22.0. The minimum atomic E-state index is -0.661. The molecule has 3 aromatic heterocycles. The van der Waals surface area contributed by atoms with Crippen LogP contribution in [0, 0.1) is 5.92 Å². The van der Waals surface area contributed by atoms with Crippen LogP contribution >= 0.6 is 0 Å². The number of aliphatic hydroxyl groups excluding tert-OH is 1. The number of aliphatic hydroxyl groups is 1. The second kappa shape index (κ2) is 10.8. The number of hydrogen-bond donors (Lipinski definition) is 3. The number of nitrogens with one attached hydrogen (secondary N) is 2. The minimum absolute atomic E-state index is 0.137. The predicted molar refractivity (Wildman–Crippen MR) is 146 cm³/mol. The fourth-order valence-corrected chi connectivity index (χ4v) is 5.76. The molecule has 1 atom stereocenters. The monoisotopic (exact) mass is 516 g/mol. The van der Waals surface area contributed by atoms with Crippen molar-refractivity contribution in [1.82, 2.24) is 30.2 Å². The lowest BCUT2D eigenvalue weighted by atomic mass is 9.95. The molecule has 10 nitrogen and oxygen atoms in total. The van der Waals surface area contributed by atoms with Crippen LogP contribution in [0.15, 0.2) is 24.4 Å². The summed E-state index contributed by atoms with van der Waals surface area (Å²) in [6.07, 6.45) is 7.18. The highest BCUT2D eigenvalue weighted by Gasteiger charge is 2.29. The molecule has 3 aliphatic heterocycles. The fraction of sp³-hybridized carbons (Fsp3) is 0.536. The molecule has 1 amide bonds. The number of aromatic nitrogens is 4. The van der Waals surface area contributed by atoms with E-state index in [4.69, 9.17) is 15.0 Å². The summed E-state index contributed by atoms with van der Waals surface area (Å²) in [4.78, 5) is 36.3. The van der Waals surface area contributed by atoms with Gasteiger partial charge in [0.1, 0.15) is 11.3 Å². The maximum atomic E-state index is 13.0. The third-order valence-electron chi connectivity index (χ3n) is 7.94. The molecule has 3 aromatic rings. The summed E-state index contributed by atoms with van der Waals surface area (Å²) in [6, 6.07) is 5.86. The summed E-state index contributed by atoms with van der Waals surface area (Å²) in [5.74, 6) is 2.38. The molecule has 0 aliphatic carbocycles. The first-order valence-corrected chi connectivity index (χ1v) is 13.9. The molecule has 10 heteroatoms. The van der Waals surface area contributed by atoms with Gasteiger partial charge in [-0.1, -0.05) is 6.07 Å². The van der Waals surface area contributed by atoms with Crippen LogP contribution in [0.4, 0.5) is 17.6 Å².